The zero-order chi connectivity index (χ0) is 59.2. The first-order chi connectivity index (χ1) is 40.5. The van der Waals surface area contributed by atoms with E-state index in [9.17, 15) is 14.4 Å². The Bertz CT molecular complexity index is 1240. The molecule has 0 saturated heterocycles. The first-order valence-corrected chi connectivity index (χ1v) is 38.0. The zero-order valence-electron chi connectivity index (χ0n) is 56.3. The highest BCUT2D eigenvalue weighted by Crippen LogP contribution is 2.20. The van der Waals surface area contributed by atoms with E-state index in [1.54, 1.807) is 0 Å². The second kappa shape index (κ2) is 71.9. The Morgan fingerprint density at radius 2 is 0.329 bits per heavy atom. The summed E-state index contributed by atoms with van der Waals surface area (Å²) in [6.45, 7) is 6.76. The van der Waals surface area contributed by atoms with E-state index in [0.717, 1.165) is 57.8 Å². The molecule has 0 aliphatic rings. The van der Waals surface area contributed by atoms with E-state index < -0.39 is 6.10 Å². The molecule has 0 radical (unpaired) electrons. The fourth-order valence-electron chi connectivity index (χ4n) is 12.2. The lowest BCUT2D eigenvalue weighted by Crippen LogP contribution is -2.30. The van der Waals surface area contributed by atoms with Crippen molar-refractivity contribution in [1.82, 2.24) is 0 Å². The lowest BCUT2D eigenvalue weighted by Gasteiger charge is -2.18. The van der Waals surface area contributed by atoms with Crippen LogP contribution in [0.2, 0.25) is 0 Å². The number of esters is 3. The first-order valence-electron chi connectivity index (χ1n) is 38.0. The SMILES string of the molecule is CCCCCCCCCCCCCCCCCCCCCCCCCCC(=O)OCC(COC(=O)CCCCCCCCCCCCCCCCCC)OC(=O)CCCCCCCCCCCCCCCCCCCCCCCCCC. The van der Waals surface area contributed by atoms with Gasteiger partial charge in [0.1, 0.15) is 13.2 Å². The highest BCUT2D eigenvalue weighted by atomic mass is 16.6. The average Bonchev–Trinajstić information content (AvgIpc) is 3.47. The number of carbonyl (C=O) groups is 3. The van der Waals surface area contributed by atoms with Crippen molar-refractivity contribution < 1.29 is 28.6 Å². The van der Waals surface area contributed by atoms with Crippen LogP contribution in [-0.2, 0) is 28.6 Å². The first kappa shape index (κ1) is 80.4. The molecule has 6 nitrogen and oxygen atoms in total. The summed E-state index contributed by atoms with van der Waals surface area (Å²) in [6.07, 6.45) is 85.8. The highest BCUT2D eigenvalue weighted by molar-refractivity contribution is 5.71. The number of rotatable bonds is 72. The molecule has 0 heterocycles. The maximum absolute atomic E-state index is 13.0. The van der Waals surface area contributed by atoms with E-state index in [0.29, 0.717) is 19.3 Å². The topological polar surface area (TPSA) is 78.9 Å². The second-order valence-electron chi connectivity index (χ2n) is 26.3. The summed E-state index contributed by atoms with van der Waals surface area (Å²) in [5.74, 6) is -0.814. The molecule has 82 heavy (non-hydrogen) atoms. The van der Waals surface area contributed by atoms with Gasteiger partial charge in [0.25, 0.3) is 0 Å². The number of hydrogen-bond donors (Lipinski definition) is 0. The molecule has 0 amide bonds. The van der Waals surface area contributed by atoms with Crippen molar-refractivity contribution in [2.75, 3.05) is 13.2 Å². The lowest BCUT2D eigenvalue weighted by molar-refractivity contribution is -0.167. The van der Waals surface area contributed by atoms with Crippen LogP contribution in [0.15, 0.2) is 0 Å². The minimum absolute atomic E-state index is 0.0598. The van der Waals surface area contributed by atoms with Crippen LogP contribution >= 0.6 is 0 Å². The van der Waals surface area contributed by atoms with Gasteiger partial charge in [-0.1, -0.05) is 412 Å². The van der Waals surface area contributed by atoms with E-state index in [1.807, 2.05) is 0 Å². The quantitative estimate of drug-likeness (QED) is 0.0343. The Morgan fingerprint density at radius 3 is 0.488 bits per heavy atom. The lowest BCUT2D eigenvalue weighted by atomic mass is 10.0. The Balaban J connectivity index is 4.22. The molecule has 0 bridgehead atoms. The summed E-state index contributed by atoms with van der Waals surface area (Å²) in [4.78, 5) is 38.5. The second-order valence-corrected chi connectivity index (χ2v) is 26.3. The van der Waals surface area contributed by atoms with Crippen LogP contribution in [0.4, 0.5) is 0 Å². The van der Waals surface area contributed by atoms with Crippen molar-refractivity contribution in [3.63, 3.8) is 0 Å². The molecule has 0 N–H and O–H groups in total. The number of hydrogen-bond acceptors (Lipinski definition) is 6. The zero-order valence-corrected chi connectivity index (χ0v) is 56.3. The van der Waals surface area contributed by atoms with E-state index in [4.69, 9.17) is 14.2 Å². The van der Waals surface area contributed by atoms with Gasteiger partial charge in [0.15, 0.2) is 6.10 Å². The standard InChI is InChI=1S/C76H148O6/c1-4-7-10-13-16-19-22-25-28-31-33-35-37-39-41-43-45-48-51-54-57-60-63-66-69-75(78)81-72-73(71-80-74(77)68-65-62-59-56-53-50-47-30-27-24-21-18-15-12-9-6-3)82-76(79)70-67-64-61-58-55-52-49-46-44-42-40-38-36-34-32-29-26-23-20-17-14-11-8-5-2/h73H,4-72H2,1-3H3. The van der Waals surface area contributed by atoms with Crippen LogP contribution in [0.5, 0.6) is 0 Å². The fraction of sp³-hybridized carbons (Fsp3) is 0.961. The molecular weight excluding hydrogens is 1010 g/mol. The van der Waals surface area contributed by atoms with Gasteiger partial charge >= 0.3 is 17.9 Å². The third kappa shape index (κ3) is 69.2. The van der Waals surface area contributed by atoms with Gasteiger partial charge in [-0.2, -0.15) is 0 Å². The molecule has 0 saturated carbocycles. The maximum atomic E-state index is 13.0. The molecular formula is C76H148O6. The molecule has 0 aliphatic heterocycles. The summed E-state index contributed by atoms with van der Waals surface area (Å²) in [7, 11) is 0. The predicted molar refractivity (Wildman–Crippen MR) is 358 cm³/mol. The van der Waals surface area contributed by atoms with Gasteiger partial charge in [-0.05, 0) is 19.3 Å². The summed E-state index contributed by atoms with van der Waals surface area (Å²) in [5, 5.41) is 0. The van der Waals surface area contributed by atoms with E-state index in [2.05, 4.69) is 20.8 Å². The number of ether oxygens (including phenoxy) is 3. The van der Waals surface area contributed by atoms with Crippen molar-refractivity contribution >= 4 is 17.9 Å². The highest BCUT2D eigenvalue weighted by Gasteiger charge is 2.20. The van der Waals surface area contributed by atoms with Gasteiger partial charge in [0, 0.05) is 19.3 Å². The molecule has 0 fully saturated rings. The van der Waals surface area contributed by atoms with Crippen molar-refractivity contribution in [1.29, 1.82) is 0 Å². The van der Waals surface area contributed by atoms with Crippen molar-refractivity contribution in [3.8, 4) is 0 Å². The van der Waals surface area contributed by atoms with Crippen LogP contribution in [-0.4, -0.2) is 37.2 Å². The van der Waals surface area contributed by atoms with Gasteiger partial charge in [-0.3, -0.25) is 14.4 Å². The van der Waals surface area contributed by atoms with Crippen LogP contribution in [0.1, 0.15) is 451 Å². The van der Waals surface area contributed by atoms with Gasteiger partial charge < -0.3 is 14.2 Å². The van der Waals surface area contributed by atoms with E-state index in [-0.39, 0.29) is 31.1 Å². The minimum atomic E-state index is -0.764. The minimum Gasteiger partial charge on any atom is -0.462 e. The Hall–Kier alpha value is -1.59. The third-order valence-corrected chi connectivity index (χ3v) is 17.9. The van der Waals surface area contributed by atoms with Crippen molar-refractivity contribution in [2.24, 2.45) is 0 Å². The summed E-state index contributed by atoms with van der Waals surface area (Å²) in [5.41, 5.74) is 0. The smallest absolute Gasteiger partial charge is 0.306 e. The molecule has 0 aromatic carbocycles. The molecule has 0 aliphatic carbocycles. The predicted octanol–water partition coefficient (Wildman–Crippen LogP) is 26.2. The monoisotopic (exact) mass is 1160 g/mol. The normalized spacial score (nSPS) is 11.9. The summed E-state index contributed by atoms with van der Waals surface area (Å²) >= 11 is 0. The maximum Gasteiger partial charge on any atom is 0.306 e. The Kier molecular flexibility index (Phi) is 70.5. The van der Waals surface area contributed by atoms with E-state index >= 15 is 0 Å². The van der Waals surface area contributed by atoms with E-state index in [1.165, 1.54) is 353 Å². The Labute approximate surface area is 514 Å². The van der Waals surface area contributed by atoms with Crippen LogP contribution in [0.25, 0.3) is 0 Å². The van der Waals surface area contributed by atoms with Crippen molar-refractivity contribution in [3.05, 3.63) is 0 Å². The fourth-order valence-corrected chi connectivity index (χ4v) is 12.2. The summed E-state index contributed by atoms with van der Waals surface area (Å²) in [6, 6.07) is 0. The Morgan fingerprint density at radius 1 is 0.195 bits per heavy atom. The molecule has 1 atom stereocenters. The van der Waals surface area contributed by atoms with Crippen LogP contribution in [0.3, 0.4) is 0 Å². The van der Waals surface area contributed by atoms with Crippen molar-refractivity contribution in [2.45, 2.75) is 457 Å². The molecule has 1 unspecified atom stereocenters. The third-order valence-electron chi connectivity index (χ3n) is 17.9. The molecule has 0 spiro atoms. The van der Waals surface area contributed by atoms with Crippen LogP contribution < -0.4 is 0 Å². The number of unbranched alkanes of at least 4 members (excludes halogenated alkanes) is 61. The molecule has 0 aromatic rings. The van der Waals surface area contributed by atoms with Gasteiger partial charge in [-0.25, -0.2) is 0 Å². The molecule has 6 heteroatoms. The molecule has 0 rings (SSSR count). The van der Waals surface area contributed by atoms with Gasteiger partial charge in [0.05, 0.1) is 0 Å². The average molecular weight is 1160 g/mol. The largest absolute Gasteiger partial charge is 0.462 e. The van der Waals surface area contributed by atoms with Gasteiger partial charge in [-0.15, -0.1) is 0 Å². The van der Waals surface area contributed by atoms with Gasteiger partial charge in [0.2, 0.25) is 0 Å². The molecule has 0 aromatic heterocycles. The summed E-state index contributed by atoms with van der Waals surface area (Å²) < 4.78 is 17.1. The number of carbonyl (C=O) groups excluding carboxylic acids is 3. The molecule has 488 valence electrons. The van der Waals surface area contributed by atoms with Crippen LogP contribution in [0, 0.1) is 0 Å².